The molecule has 0 atom stereocenters. The van der Waals surface area contributed by atoms with Gasteiger partial charge in [-0.2, -0.15) is 0 Å². The molecule has 0 bridgehead atoms. The van der Waals surface area contributed by atoms with Crippen molar-refractivity contribution in [3.05, 3.63) is 50.1 Å². The molecule has 8 heteroatoms. The van der Waals surface area contributed by atoms with E-state index in [1.54, 1.807) is 40.2 Å². The smallest absolute Gasteiger partial charge is 0.316 e. The van der Waals surface area contributed by atoms with Gasteiger partial charge in [-0.15, -0.1) is 11.3 Å². The van der Waals surface area contributed by atoms with Crippen LogP contribution in [0.4, 0.5) is 0 Å². The van der Waals surface area contributed by atoms with E-state index in [2.05, 4.69) is 0 Å². The molecule has 2 heterocycles. The fourth-order valence-electron chi connectivity index (χ4n) is 3.52. The van der Waals surface area contributed by atoms with Crippen molar-refractivity contribution in [3.63, 3.8) is 0 Å². The van der Waals surface area contributed by atoms with E-state index in [9.17, 15) is 9.59 Å². The van der Waals surface area contributed by atoms with E-state index >= 15 is 0 Å². The van der Waals surface area contributed by atoms with Gasteiger partial charge in [0.1, 0.15) is 4.83 Å². The molecule has 0 aliphatic heterocycles. The van der Waals surface area contributed by atoms with Crippen molar-refractivity contribution < 1.29 is 9.53 Å². The van der Waals surface area contributed by atoms with E-state index in [1.807, 2.05) is 13.8 Å². The van der Waals surface area contributed by atoms with Crippen LogP contribution in [0.5, 0.6) is 0 Å². The van der Waals surface area contributed by atoms with E-state index in [0.29, 0.717) is 21.3 Å². The van der Waals surface area contributed by atoms with Gasteiger partial charge in [0.15, 0.2) is 5.16 Å². The lowest BCUT2D eigenvalue weighted by Gasteiger charge is -2.14. The monoisotopic (exact) mass is 448 g/mol. The molecule has 152 valence electrons. The van der Waals surface area contributed by atoms with Crippen LogP contribution in [0.2, 0.25) is 5.02 Å². The number of hydrogen-bond acceptors (Lipinski definition) is 6. The van der Waals surface area contributed by atoms with E-state index in [0.717, 1.165) is 36.1 Å². The van der Waals surface area contributed by atoms with Gasteiger partial charge >= 0.3 is 5.97 Å². The van der Waals surface area contributed by atoms with E-state index in [1.165, 1.54) is 16.6 Å². The van der Waals surface area contributed by atoms with Crippen LogP contribution in [-0.4, -0.2) is 27.4 Å². The Labute approximate surface area is 182 Å². The second-order valence-electron chi connectivity index (χ2n) is 7.23. The third-order valence-corrected chi connectivity index (χ3v) is 7.08. The van der Waals surface area contributed by atoms with Gasteiger partial charge in [-0.3, -0.25) is 14.2 Å². The molecule has 0 radical (unpaired) electrons. The number of fused-ring (bicyclic) bond motifs is 3. The summed E-state index contributed by atoms with van der Waals surface area (Å²) in [6, 6.07) is 7.09. The summed E-state index contributed by atoms with van der Waals surface area (Å²) in [6.45, 7) is 3.62. The molecule has 3 aromatic rings. The molecule has 1 aliphatic carbocycles. The SMILES string of the molecule is CC(C)OC(=O)CSc1nc2sc3c(c2c(=O)n1-c1ccc(Cl)cc1)CCCC3. The number of rotatable bonds is 5. The summed E-state index contributed by atoms with van der Waals surface area (Å²) in [5, 5.41) is 1.80. The first-order valence-electron chi connectivity index (χ1n) is 9.59. The molecule has 0 fully saturated rings. The number of esters is 1. The fourth-order valence-corrected chi connectivity index (χ4v) is 5.75. The van der Waals surface area contributed by atoms with Gasteiger partial charge in [0.2, 0.25) is 0 Å². The molecule has 0 saturated carbocycles. The van der Waals surface area contributed by atoms with Crippen LogP contribution in [0.25, 0.3) is 15.9 Å². The van der Waals surface area contributed by atoms with Gasteiger partial charge in [0.05, 0.1) is 22.9 Å². The summed E-state index contributed by atoms with van der Waals surface area (Å²) in [4.78, 5) is 32.4. The first-order chi connectivity index (χ1) is 13.9. The lowest BCUT2D eigenvalue weighted by atomic mass is 9.97. The second-order valence-corrected chi connectivity index (χ2v) is 9.69. The van der Waals surface area contributed by atoms with Crippen LogP contribution in [0.1, 0.15) is 37.1 Å². The minimum atomic E-state index is -0.326. The van der Waals surface area contributed by atoms with E-state index < -0.39 is 0 Å². The molecule has 5 nitrogen and oxygen atoms in total. The molecule has 1 aliphatic rings. The number of aryl methyl sites for hydroxylation is 2. The highest BCUT2D eigenvalue weighted by molar-refractivity contribution is 7.99. The lowest BCUT2D eigenvalue weighted by Crippen LogP contribution is -2.23. The minimum Gasteiger partial charge on any atom is -0.462 e. The fraction of sp³-hybridized carbons (Fsp3) is 0.381. The topological polar surface area (TPSA) is 61.2 Å². The van der Waals surface area contributed by atoms with Crippen LogP contribution < -0.4 is 5.56 Å². The Bertz CT molecular complexity index is 1120. The number of ether oxygens (including phenoxy) is 1. The molecule has 0 saturated heterocycles. The van der Waals surface area contributed by atoms with Gasteiger partial charge in [-0.25, -0.2) is 4.98 Å². The maximum absolute atomic E-state index is 13.6. The Morgan fingerprint density at radius 3 is 2.72 bits per heavy atom. The standard InChI is InChI=1S/C21H21ClN2O3S2/c1-12(2)27-17(25)11-28-21-23-19-18(15-5-3-4-6-16(15)29-19)20(26)24(21)14-9-7-13(22)8-10-14/h7-10,12H,3-6,11H2,1-2H3. The Balaban J connectivity index is 1.83. The predicted octanol–water partition coefficient (Wildman–Crippen LogP) is 5.02. The Hall–Kier alpha value is -1.83. The predicted molar refractivity (Wildman–Crippen MR) is 119 cm³/mol. The number of thioether (sulfide) groups is 1. The number of carbonyl (C=O) groups excluding carboxylic acids is 1. The molecular formula is C21H21ClN2O3S2. The highest BCUT2D eigenvalue weighted by Crippen LogP contribution is 2.35. The zero-order chi connectivity index (χ0) is 20.5. The number of carbonyl (C=O) groups is 1. The lowest BCUT2D eigenvalue weighted by molar-refractivity contribution is -0.144. The summed E-state index contributed by atoms with van der Waals surface area (Å²) < 4.78 is 6.82. The number of benzene rings is 1. The molecule has 0 amide bonds. The van der Waals surface area contributed by atoms with Gasteiger partial charge in [0, 0.05) is 9.90 Å². The summed E-state index contributed by atoms with van der Waals surface area (Å²) in [7, 11) is 0. The highest BCUT2D eigenvalue weighted by atomic mass is 35.5. The van der Waals surface area contributed by atoms with Crippen LogP contribution >= 0.6 is 34.7 Å². The van der Waals surface area contributed by atoms with E-state index in [4.69, 9.17) is 21.3 Å². The van der Waals surface area contributed by atoms with Gasteiger partial charge in [-0.05, 0) is 69.4 Å². The Kier molecular flexibility index (Phi) is 5.99. The maximum Gasteiger partial charge on any atom is 0.316 e. The molecule has 2 aromatic heterocycles. The normalized spacial score (nSPS) is 13.7. The van der Waals surface area contributed by atoms with Gasteiger partial charge in [-0.1, -0.05) is 23.4 Å². The largest absolute Gasteiger partial charge is 0.462 e. The zero-order valence-corrected chi connectivity index (χ0v) is 18.6. The van der Waals surface area contributed by atoms with Crippen molar-refractivity contribution in [1.82, 2.24) is 9.55 Å². The third kappa shape index (κ3) is 4.22. The average molecular weight is 449 g/mol. The Morgan fingerprint density at radius 1 is 1.28 bits per heavy atom. The summed E-state index contributed by atoms with van der Waals surface area (Å²) in [5.41, 5.74) is 1.74. The van der Waals surface area contributed by atoms with Crippen molar-refractivity contribution in [3.8, 4) is 5.69 Å². The molecular weight excluding hydrogens is 428 g/mol. The molecule has 0 spiro atoms. The first-order valence-corrected chi connectivity index (χ1v) is 11.8. The second kappa shape index (κ2) is 8.50. The zero-order valence-electron chi connectivity index (χ0n) is 16.2. The van der Waals surface area contributed by atoms with Gasteiger partial charge < -0.3 is 4.74 Å². The van der Waals surface area contributed by atoms with Crippen molar-refractivity contribution in [2.75, 3.05) is 5.75 Å². The molecule has 4 rings (SSSR count). The maximum atomic E-state index is 13.6. The average Bonchev–Trinajstić information content (AvgIpc) is 3.05. The van der Waals surface area contributed by atoms with Crippen molar-refractivity contribution in [2.24, 2.45) is 0 Å². The number of thiophene rings is 1. The third-order valence-electron chi connectivity index (χ3n) is 4.73. The summed E-state index contributed by atoms with van der Waals surface area (Å²) in [5.74, 6) is -0.234. The number of nitrogens with zero attached hydrogens (tertiary/aromatic N) is 2. The van der Waals surface area contributed by atoms with E-state index in [-0.39, 0.29) is 23.4 Å². The number of hydrogen-bond donors (Lipinski definition) is 0. The van der Waals surface area contributed by atoms with Crippen LogP contribution in [0.15, 0.2) is 34.2 Å². The molecule has 0 N–H and O–H groups in total. The highest BCUT2D eigenvalue weighted by Gasteiger charge is 2.23. The van der Waals surface area contributed by atoms with Crippen LogP contribution in [-0.2, 0) is 22.4 Å². The van der Waals surface area contributed by atoms with Gasteiger partial charge in [0.25, 0.3) is 5.56 Å². The summed E-state index contributed by atoms with van der Waals surface area (Å²) in [6.07, 6.45) is 3.98. The van der Waals surface area contributed by atoms with Crippen molar-refractivity contribution in [2.45, 2.75) is 50.8 Å². The van der Waals surface area contributed by atoms with Crippen LogP contribution in [0.3, 0.4) is 0 Å². The first kappa shape index (κ1) is 20.4. The molecule has 1 aromatic carbocycles. The van der Waals surface area contributed by atoms with Crippen molar-refractivity contribution >= 4 is 50.9 Å². The minimum absolute atomic E-state index is 0.0866. The number of halogens is 1. The molecule has 0 unspecified atom stereocenters. The summed E-state index contributed by atoms with van der Waals surface area (Å²) >= 11 is 8.86. The van der Waals surface area contributed by atoms with Crippen molar-refractivity contribution in [1.29, 1.82) is 0 Å². The Morgan fingerprint density at radius 2 is 2.00 bits per heavy atom. The quantitative estimate of drug-likeness (QED) is 0.311. The molecule has 29 heavy (non-hydrogen) atoms. The van der Waals surface area contributed by atoms with Crippen LogP contribution in [0, 0.1) is 0 Å². The number of aromatic nitrogens is 2.